The molecule has 3 heteroatoms. The Morgan fingerprint density at radius 1 is 1.35 bits per heavy atom. The molecule has 1 saturated heterocycles. The van der Waals surface area contributed by atoms with Crippen molar-refractivity contribution in [2.75, 3.05) is 18.1 Å². The molecule has 1 heterocycles. The number of hydrogen-bond acceptors (Lipinski definition) is 3. The van der Waals surface area contributed by atoms with Gasteiger partial charge in [-0.2, -0.15) is 5.26 Å². The molecule has 1 aliphatic rings. The van der Waals surface area contributed by atoms with Crippen LogP contribution in [0, 0.1) is 11.3 Å². The maximum atomic E-state index is 9.47. The number of nitrogens with zero attached hydrogens (tertiary/aromatic N) is 2. The van der Waals surface area contributed by atoms with Crippen LogP contribution in [0.1, 0.15) is 31.2 Å². The molecule has 1 aromatic carbocycles. The molecule has 1 N–H and O–H groups in total. The van der Waals surface area contributed by atoms with Gasteiger partial charge in [-0.25, -0.2) is 0 Å². The Hall–Kier alpha value is -1.53. The van der Waals surface area contributed by atoms with E-state index in [1.165, 1.54) is 12.8 Å². The largest absolute Gasteiger partial charge is 0.394 e. The fourth-order valence-corrected chi connectivity index (χ4v) is 2.46. The van der Waals surface area contributed by atoms with Crippen LogP contribution in [0.5, 0.6) is 0 Å². The first-order chi connectivity index (χ1) is 8.35. The first-order valence-corrected chi connectivity index (χ1v) is 6.23. The summed E-state index contributed by atoms with van der Waals surface area (Å²) in [5, 5.41) is 18.4. The van der Waals surface area contributed by atoms with E-state index in [4.69, 9.17) is 5.26 Å². The summed E-state index contributed by atoms with van der Waals surface area (Å²) in [6.45, 7) is 1.16. The SMILES string of the molecule is N#Cc1cccc(N2CCCCCC2CO)c1. The topological polar surface area (TPSA) is 47.3 Å². The van der Waals surface area contributed by atoms with E-state index in [9.17, 15) is 5.11 Å². The molecule has 0 radical (unpaired) electrons. The second kappa shape index (κ2) is 5.70. The number of rotatable bonds is 2. The van der Waals surface area contributed by atoms with E-state index in [1.807, 2.05) is 24.3 Å². The zero-order valence-electron chi connectivity index (χ0n) is 9.97. The third kappa shape index (κ3) is 2.78. The van der Waals surface area contributed by atoms with Crippen molar-refractivity contribution >= 4 is 5.69 Å². The summed E-state index contributed by atoms with van der Waals surface area (Å²) in [4.78, 5) is 2.24. The van der Waals surface area contributed by atoms with Crippen molar-refractivity contribution in [2.24, 2.45) is 0 Å². The van der Waals surface area contributed by atoms with Crippen molar-refractivity contribution in [1.82, 2.24) is 0 Å². The molecule has 0 saturated carbocycles. The number of nitriles is 1. The summed E-state index contributed by atoms with van der Waals surface area (Å²) >= 11 is 0. The molecule has 90 valence electrons. The Kier molecular flexibility index (Phi) is 4.00. The predicted molar refractivity (Wildman–Crippen MR) is 67.8 cm³/mol. The Labute approximate surface area is 102 Å². The van der Waals surface area contributed by atoms with Crippen LogP contribution < -0.4 is 4.90 Å². The van der Waals surface area contributed by atoms with Gasteiger partial charge in [-0.3, -0.25) is 0 Å². The summed E-state index contributed by atoms with van der Waals surface area (Å²) in [5.74, 6) is 0. The minimum Gasteiger partial charge on any atom is -0.394 e. The van der Waals surface area contributed by atoms with Crippen molar-refractivity contribution in [1.29, 1.82) is 5.26 Å². The van der Waals surface area contributed by atoms with Crippen molar-refractivity contribution in [2.45, 2.75) is 31.7 Å². The molecule has 1 fully saturated rings. The fourth-order valence-electron chi connectivity index (χ4n) is 2.46. The van der Waals surface area contributed by atoms with E-state index in [-0.39, 0.29) is 12.6 Å². The van der Waals surface area contributed by atoms with Crippen LogP contribution in [0.15, 0.2) is 24.3 Å². The number of benzene rings is 1. The number of anilines is 1. The monoisotopic (exact) mass is 230 g/mol. The minimum absolute atomic E-state index is 0.191. The number of aliphatic hydroxyl groups excluding tert-OH is 1. The minimum atomic E-state index is 0.191. The molecule has 0 amide bonds. The molecule has 0 aliphatic carbocycles. The quantitative estimate of drug-likeness (QED) is 0.848. The second-order valence-corrected chi connectivity index (χ2v) is 4.54. The van der Waals surface area contributed by atoms with E-state index in [0.29, 0.717) is 5.56 Å². The van der Waals surface area contributed by atoms with Gasteiger partial charge in [0.15, 0.2) is 0 Å². The van der Waals surface area contributed by atoms with Crippen LogP contribution in [0.3, 0.4) is 0 Å². The zero-order chi connectivity index (χ0) is 12.1. The van der Waals surface area contributed by atoms with E-state index >= 15 is 0 Å². The van der Waals surface area contributed by atoms with Crippen molar-refractivity contribution in [3.05, 3.63) is 29.8 Å². The molecule has 1 atom stereocenters. The lowest BCUT2D eigenvalue weighted by Gasteiger charge is -2.30. The molecule has 0 aromatic heterocycles. The highest BCUT2D eigenvalue weighted by molar-refractivity contribution is 5.52. The Morgan fingerprint density at radius 3 is 3.00 bits per heavy atom. The normalized spacial score (nSPS) is 20.7. The Bertz CT molecular complexity index is 411. The first kappa shape index (κ1) is 11.9. The number of aliphatic hydroxyl groups is 1. The van der Waals surface area contributed by atoms with Gasteiger partial charge in [0.2, 0.25) is 0 Å². The fraction of sp³-hybridized carbons (Fsp3) is 0.500. The van der Waals surface area contributed by atoms with Gasteiger partial charge in [0, 0.05) is 12.2 Å². The van der Waals surface area contributed by atoms with Crippen molar-refractivity contribution in [3.8, 4) is 6.07 Å². The van der Waals surface area contributed by atoms with Crippen molar-refractivity contribution in [3.63, 3.8) is 0 Å². The first-order valence-electron chi connectivity index (χ1n) is 6.23. The third-order valence-corrected chi connectivity index (χ3v) is 3.39. The highest BCUT2D eigenvalue weighted by Crippen LogP contribution is 2.24. The van der Waals surface area contributed by atoms with Crippen LogP contribution in [0.25, 0.3) is 0 Å². The lowest BCUT2D eigenvalue weighted by molar-refractivity contribution is 0.255. The predicted octanol–water partition coefficient (Wildman–Crippen LogP) is 2.30. The molecular weight excluding hydrogens is 212 g/mol. The molecule has 1 aliphatic heterocycles. The Balaban J connectivity index is 2.25. The maximum absolute atomic E-state index is 9.47. The average molecular weight is 230 g/mol. The summed E-state index contributed by atoms with van der Waals surface area (Å²) in [6.07, 6.45) is 4.60. The molecule has 17 heavy (non-hydrogen) atoms. The standard InChI is InChI=1S/C14H18N2O/c15-10-12-5-4-7-13(9-12)16-8-3-1-2-6-14(16)11-17/h4-5,7,9,14,17H,1-3,6,8,11H2. The van der Waals surface area contributed by atoms with E-state index in [1.54, 1.807) is 0 Å². The smallest absolute Gasteiger partial charge is 0.0992 e. The summed E-state index contributed by atoms with van der Waals surface area (Å²) in [5.41, 5.74) is 1.74. The lowest BCUT2D eigenvalue weighted by atomic mass is 10.1. The van der Waals surface area contributed by atoms with Gasteiger partial charge in [-0.05, 0) is 31.0 Å². The lowest BCUT2D eigenvalue weighted by Crippen LogP contribution is -2.37. The van der Waals surface area contributed by atoms with E-state index in [2.05, 4.69) is 11.0 Å². The van der Waals surface area contributed by atoms with Gasteiger partial charge in [0.05, 0.1) is 24.3 Å². The van der Waals surface area contributed by atoms with Gasteiger partial charge >= 0.3 is 0 Å². The Morgan fingerprint density at radius 2 is 2.24 bits per heavy atom. The molecule has 3 nitrogen and oxygen atoms in total. The van der Waals surface area contributed by atoms with Crippen LogP contribution in [-0.2, 0) is 0 Å². The third-order valence-electron chi connectivity index (χ3n) is 3.39. The zero-order valence-corrected chi connectivity index (χ0v) is 9.97. The maximum Gasteiger partial charge on any atom is 0.0992 e. The number of hydrogen-bond donors (Lipinski definition) is 1. The van der Waals surface area contributed by atoms with E-state index < -0.39 is 0 Å². The van der Waals surface area contributed by atoms with Crippen LogP contribution >= 0.6 is 0 Å². The van der Waals surface area contributed by atoms with Crippen LogP contribution in [0.2, 0.25) is 0 Å². The van der Waals surface area contributed by atoms with Gasteiger partial charge < -0.3 is 10.0 Å². The second-order valence-electron chi connectivity index (χ2n) is 4.54. The molecule has 1 unspecified atom stereocenters. The van der Waals surface area contributed by atoms with Crippen LogP contribution in [0.4, 0.5) is 5.69 Å². The van der Waals surface area contributed by atoms with Crippen molar-refractivity contribution < 1.29 is 5.11 Å². The van der Waals surface area contributed by atoms with Gasteiger partial charge in [-0.1, -0.05) is 18.9 Å². The average Bonchev–Trinajstić information content (AvgIpc) is 2.63. The summed E-state index contributed by atoms with van der Waals surface area (Å²) < 4.78 is 0. The molecule has 2 rings (SSSR count). The molecule has 0 spiro atoms. The molecular formula is C14H18N2O. The molecule has 0 bridgehead atoms. The summed E-state index contributed by atoms with van der Waals surface area (Å²) in [6, 6.07) is 10.0. The highest BCUT2D eigenvalue weighted by Gasteiger charge is 2.20. The summed E-state index contributed by atoms with van der Waals surface area (Å²) in [7, 11) is 0. The molecule has 1 aromatic rings. The highest BCUT2D eigenvalue weighted by atomic mass is 16.3. The van der Waals surface area contributed by atoms with Crippen LogP contribution in [-0.4, -0.2) is 24.3 Å². The van der Waals surface area contributed by atoms with Gasteiger partial charge in [0.25, 0.3) is 0 Å². The van der Waals surface area contributed by atoms with Gasteiger partial charge in [-0.15, -0.1) is 0 Å². The van der Waals surface area contributed by atoms with E-state index in [0.717, 1.165) is 25.1 Å². The van der Waals surface area contributed by atoms with Gasteiger partial charge in [0.1, 0.15) is 0 Å².